The van der Waals surface area contributed by atoms with Crippen LogP contribution in [0.5, 0.6) is 0 Å². The summed E-state index contributed by atoms with van der Waals surface area (Å²) in [5.74, 6) is 0.207. The van der Waals surface area contributed by atoms with Gasteiger partial charge in [0.25, 0.3) is 5.56 Å². The number of nitrogens with zero attached hydrogens (tertiary/aromatic N) is 2. The van der Waals surface area contributed by atoms with Gasteiger partial charge in [-0.25, -0.2) is 9.78 Å². The van der Waals surface area contributed by atoms with Crippen LogP contribution in [0.15, 0.2) is 56.5 Å². The lowest BCUT2D eigenvalue weighted by molar-refractivity contribution is 0.555. The van der Waals surface area contributed by atoms with Crippen LogP contribution in [0.4, 0.5) is 0 Å². The molecule has 4 rings (SSSR count). The van der Waals surface area contributed by atoms with Crippen molar-refractivity contribution in [3.63, 3.8) is 0 Å². The highest BCUT2D eigenvalue weighted by Crippen LogP contribution is 2.18. The maximum atomic E-state index is 13.1. The lowest BCUT2D eigenvalue weighted by Crippen LogP contribution is -2.24. The second kappa shape index (κ2) is 6.05. The maximum Gasteiger partial charge on any atom is 0.417 e. The van der Waals surface area contributed by atoms with Crippen molar-refractivity contribution in [1.29, 1.82) is 0 Å². The third-order valence-electron chi connectivity index (χ3n) is 4.26. The first kappa shape index (κ1) is 15.4. The Hall–Kier alpha value is -3.15. The SMILES string of the molecule is CCCCc1nc2ccccc2c(=O)n1-c1ccc2oc(=O)[nH]c2c1. The molecule has 25 heavy (non-hydrogen) atoms. The average molecular weight is 335 g/mol. The zero-order chi connectivity index (χ0) is 17.4. The van der Waals surface area contributed by atoms with Crippen molar-refractivity contribution >= 4 is 22.0 Å². The van der Waals surface area contributed by atoms with E-state index in [1.165, 1.54) is 0 Å². The summed E-state index contributed by atoms with van der Waals surface area (Å²) in [4.78, 5) is 31.8. The van der Waals surface area contributed by atoms with Crippen molar-refractivity contribution in [3.05, 3.63) is 69.2 Å². The molecule has 1 N–H and O–H groups in total. The number of aromatic amines is 1. The average Bonchev–Trinajstić information content (AvgIpc) is 2.99. The van der Waals surface area contributed by atoms with Crippen molar-refractivity contribution in [1.82, 2.24) is 14.5 Å². The normalized spacial score (nSPS) is 11.4. The second-order valence-electron chi connectivity index (χ2n) is 5.98. The molecule has 6 heteroatoms. The minimum Gasteiger partial charge on any atom is -0.408 e. The van der Waals surface area contributed by atoms with Crippen LogP contribution in [0.25, 0.3) is 27.7 Å². The number of H-pyrrole nitrogens is 1. The highest BCUT2D eigenvalue weighted by atomic mass is 16.4. The van der Waals surface area contributed by atoms with Crippen LogP contribution >= 0.6 is 0 Å². The molecular formula is C19H17N3O3. The summed E-state index contributed by atoms with van der Waals surface area (Å²) in [6.07, 6.45) is 2.66. The number of rotatable bonds is 4. The Morgan fingerprint density at radius 3 is 2.84 bits per heavy atom. The Bertz CT molecular complexity index is 1180. The van der Waals surface area contributed by atoms with Gasteiger partial charge in [-0.3, -0.25) is 14.3 Å². The van der Waals surface area contributed by atoms with Crippen LogP contribution in [-0.4, -0.2) is 14.5 Å². The summed E-state index contributed by atoms with van der Waals surface area (Å²) in [6.45, 7) is 2.10. The number of aromatic nitrogens is 3. The fraction of sp³-hybridized carbons (Fsp3) is 0.211. The zero-order valence-electron chi connectivity index (χ0n) is 13.8. The fourth-order valence-corrected chi connectivity index (χ4v) is 3.03. The van der Waals surface area contributed by atoms with Crippen LogP contribution in [0.3, 0.4) is 0 Å². The number of para-hydroxylation sites is 1. The van der Waals surface area contributed by atoms with E-state index in [1.54, 1.807) is 28.8 Å². The molecule has 0 atom stereocenters. The molecule has 2 aromatic heterocycles. The molecule has 0 unspecified atom stereocenters. The first-order chi connectivity index (χ1) is 12.2. The molecule has 126 valence electrons. The van der Waals surface area contributed by atoms with Gasteiger partial charge in [-0.2, -0.15) is 0 Å². The van der Waals surface area contributed by atoms with Crippen LogP contribution in [-0.2, 0) is 6.42 Å². The van der Waals surface area contributed by atoms with Gasteiger partial charge in [-0.1, -0.05) is 25.5 Å². The topological polar surface area (TPSA) is 80.9 Å². The molecule has 4 aromatic rings. The number of fused-ring (bicyclic) bond motifs is 2. The molecule has 0 saturated carbocycles. The quantitative estimate of drug-likeness (QED) is 0.621. The monoisotopic (exact) mass is 335 g/mol. The van der Waals surface area contributed by atoms with Gasteiger partial charge >= 0.3 is 5.76 Å². The molecule has 2 heterocycles. The summed E-state index contributed by atoms with van der Waals surface area (Å²) >= 11 is 0. The van der Waals surface area contributed by atoms with E-state index in [9.17, 15) is 9.59 Å². The van der Waals surface area contributed by atoms with Gasteiger partial charge in [-0.15, -0.1) is 0 Å². The molecular weight excluding hydrogens is 318 g/mol. The van der Waals surface area contributed by atoms with Gasteiger partial charge in [0.05, 0.1) is 22.1 Å². The molecule has 0 fully saturated rings. The van der Waals surface area contributed by atoms with Gasteiger partial charge in [0.1, 0.15) is 5.82 Å². The zero-order valence-corrected chi connectivity index (χ0v) is 13.8. The molecule has 0 radical (unpaired) electrons. The van der Waals surface area contributed by atoms with Crippen LogP contribution < -0.4 is 11.3 Å². The highest BCUT2D eigenvalue weighted by molar-refractivity contribution is 5.79. The van der Waals surface area contributed by atoms with E-state index in [0.29, 0.717) is 34.1 Å². The summed E-state index contributed by atoms with van der Waals surface area (Å²) < 4.78 is 6.67. The van der Waals surface area contributed by atoms with E-state index in [1.807, 2.05) is 18.2 Å². The number of benzene rings is 2. The Morgan fingerprint density at radius 2 is 2.00 bits per heavy atom. The molecule has 6 nitrogen and oxygen atoms in total. The number of unbranched alkanes of at least 4 members (excludes halogenated alkanes) is 1. The Kier molecular flexibility index (Phi) is 3.72. The van der Waals surface area contributed by atoms with E-state index in [-0.39, 0.29) is 5.56 Å². The standard InChI is InChI=1S/C19H17N3O3/c1-2-3-8-17-20-14-7-5-4-6-13(14)18(23)22(17)12-9-10-16-15(11-12)21-19(24)25-16/h4-7,9-11H,2-3,8H2,1H3,(H,21,24). The van der Waals surface area contributed by atoms with Crippen molar-refractivity contribution in [2.24, 2.45) is 0 Å². The smallest absolute Gasteiger partial charge is 0.408 e. The molecule has 0 saturated heterocycles. The van der Waals surface area contributed by atoms with Gasteiger partial charge in [0.2, 0.25) is 0 Å². The molecule has 2 aromatic carbocycles. The summed E-state index contributed by atoms with van der Waals surface area (Å²) in [5, 5.41) is 0.573. The second-order valence-corrected chi connectivity index (χ2v) is 5.98. The minimum absolute atomic E-state index is 0.109. The predicted molar refractivity (Wildman–Crippen MR) is 96.3 cm³/mol. The minimum atomic E-state index is -0.512. The van der Waals surface area contributed by atoms with E-state index >= 15 is 0 Å². The summed E-state index contributed by atoms with van der Waals surface area (Å²) in [7, 11) is 0. The maximum absolute atomic E-state index is 13.1. The molecule has 0 amide bonds. The number of oxazole rings is 1. The van der Waals surface area contributed by atoms with Crippen molar-refractivity contribution in [2.45, 2.75) is 26.2 Å². The van der Waals surface area contributed by atoms with Crippen molar-refractivity contribution < 1.29 is 4.42 Å². The van der Waals surface area contributed by atoms with E-state index in [2.05, 4.69) is 11.9 Å². The predicted octanol–water partition coefficient (Wildman–Crippen LogP) is 3.16. The number of hydrogen-bond acceptors (Lipinski definition) is 4. The molecule has 0 bridgehead atoms. The lowest BCUT2D eigenvalue weighted by atomic mass is 10.2. The summed E-state index contributed by atoms with van der Waals surface area (Å²) in [5.41, 5.74) is 2.28. The highest BCUT2D eigenvalue weighted by Gasteiger charge is 2.13. The summed E-state index contributed by atoms with van der Waals surface area (Å²) in [6, 6.07) is 12.5. The largest absolute Gasteiger partial charge is 0.417 e. The van der Waals surface area contributed by atoms with Gasteiger partial charge < -0.3 is 4.42 Å². The number of aryl methyl sites for hydroxylation is 1. The molecule has 0 aliphatic heterocycles. The third-order valence-corrected chi connectivity index (χ3v) is 4.26. The first-order valence-corrected chi connectivity index (χ1v) is 8.31. The van der Waals surface area contributed by atoms with Crippen molar-refractivity contribution in [3.8, 4) is 5.69 Å². The number of nitrogens with one attached hydrogen (secondary N) is 1. The first-order valence-electron chi connectivity index (χ1n) is 8.31. The molecule has 0 aliphatic carbocycles. The van der Waals surface area contributed by atoms with Crippen molar-refractivity contribution in [2.75, 3.05) is 0 Å². The third kappa shape index (κ3) is 2.65. The molecule has 0 spiro atoms. The van der Waals surface area contributed by atoms with Gasteiger partial charge in [0.15, 0.2) is 5.58 Å². The molecule has 0 aliphatic rings. The Labute approximate surface area is 142 Å². The van der Waals surface area contributed by atoms with Gasteiger partial charge in [0, 0.05) is 6.42 Å². The Morgan fingerprint density at radius 1 is 1.16 bits per heavy atom. The van der Waals surface area contributed by atoms with Crippen LogP contribution in [0.2, 0.25) is 0 Å². The van der Waals surface area contributed by atoms with E-state index in [4.69, 9.17) is 9.40 Å². The van der Waals surface area contributed by atoms with E-state index < -0.39 is 5.76 Å². The van der Waals surface area contributed by atoms with Crippen LogP contribution in [0, 0.1) is 0 Å². The van der Waals surface area contributed by atoms with Gasteiger partial charge in [-0.05, 0) is 36.8 Å². The van der Waals surface area contributed by atoms with Crippen LogP contribution in [0.1, 0.15) is 25.6 Å². The lowest BCUT2D eigenvalue weighted by Gasteiger charge is -2.13. The Balaban J connectivity index is 2.00. The van der Waals surface area contributed by atoms with E-state index in [0.717, 1.165) is 18.7 Å². The fourth-order valence-electron chi connectivity index (χ4n) is 3.03. The number of hydrogen-bond donors (Lipinski definition) is 1.